The standard InChI is InChI=1S/C24H25F5O3/c1-5-6-16-8-7-14(11-31-16)19(26)20(27)17-10-15-9-12(2)23(18(25)13(3)30-4)32-24(15)22(29)21(17)28/h10,14,16H,2-3,5-9,11H2,1,4H3/b20-19+,23-18-. The fraction of sp³-hybridized carbons (Fsp3) is 0.417. The second-order valence-electron chi connectivity index (χ2n) is 7.87. The van der Waals surface area contributed by atoms with Crippen molar-refractivity contribution in [3.63, 3.8) is 0 Å². The van der Waals surface area contributed by atoms with Crippen LogP contribution in [0.4, 0.5) is 22.0 Å². The number of halogens is 5. The molecule has 32 heavy (non-hydrogen) atoms. The summed E-state index contributed by atoms with van der Waals surface area (Å²) in [5.41, 5.74) is -0.771. The summed E-state index contributed by atoms with van der Waals surface area (Å²) in [7, 11) is 1.18. The monoisotopic (exact) mass is 456 g/mol. The smallest absolute Gasteiger partial charge is 0.207 e. The average Bonchev–Trinajstić information content (AvgIpc) is 2.80. The maximum atomic E-state index is 14.9. The van der Waals surface area contributed by atoms with Crippen molar-refractivity contribution >= 4 is 5.83 Å². The maximum Gasteiger partial charge on any atom is 0.207 e. The van der Waals surface area contributed by atoms with Crippen LogP contribution in [0.3, 0.4) is 0 Å². The van der Waals surface area contributed by atoms with Gasteiger partial charge in [-0.15, -0.1) is 0 Å². The number of hydrogen-bond acceptors (Lipinski definition) is 3. The highest BCUT2D eigenvalue weighted by molar-refractivity contribution is 5.65. The van der Waals surface area contributed by atoms with Gasteiger partial charge in [0.1, 0.15) is 5.83 Å². The molecule has 0 aromatic heterocycles. The predicted molar refractivity (Wildman–Crippen MR) is 111 cm³/mol. The molecule has 2 atom stereocenters. The van der Waals surface area contributed by atoms with Gasteiger partial charge in [0.2, 0.25) is 11.6 Å². The van der Waals surface area contributed by atoms with Crippen LogP contribution in [0.2, 0.25) is 0 Å². The Balaban J connectivity index is 1.94. The van der Waals surface area contributed by atoms with Gasteiger partial charge in [0.05, 0.1) is 25.4 Å². The van der Waals surface area contributed by atoms with Crippen molar-refractivity contribution in [1.82, 2.24) is 0 Å². The zero-order chi connectivity index (χ0) is 23.6. The molecule has 2 heterocycles. The third-order valence-electron chi connectivity index (χ3n) is 5.64. The molecule has 0 radical (unpaired) electrons. The SMILES string of the molecule is C=C(OC)/C(F)=C1/Oc2c(cc(/C(F)=C(\F)C3CCC(CCC)OC3)c(F)c2F)CC1=C. The first-order valence-electron chi connectivity index (χ1n) is 10.4. The fourth-order valence-electron chi connectivity index (χ4n) is 3.83. The van der Waals surface area contributed by atoms with Gasteiger partial charge in [-0.1, -0.05) is 26.5 Å². The van der Waals surface area contributed by atoms with E-state index in [2.05, 4.69) is 17.9 Å². The molecule has 0 spiro atoms. The number of fused-ring (bicyclic) bond motifs is 1. The van der Waals surface area contributed by atoms with Gasteiger partial charge in [-0.3, -0.25) is 0 Å². The molecule has 3 nitrogen and oxygen atoms in total. The Bertz CT molecular complexity index is 988. The van der Waals surface area contributed by atoms with Crippen LogP contribution in [0.25, 0.3) is 5.83 Å². The summed E-state index contributed by atoms with van der Waals surface area (Å²) in [6.07, 6.45) is 2.46. The van der Waals surface area contributed by atoms with E-state index in [1.807, 2.05) is 6.92 Å². The van der Waals surface area contributed by atoms with Crippen LogP contribution in [0, 0.1) is 17.6 Å². The summed E-state index contributed by atoms with van der Waals surface area (Å²) in [6, 6.07) is 0.956. The Morgan fingerprint density at radius 2 is 1.91 bits per heavy atom. The second kappa shape index (κ2) is 9.90. The highest BCUT2D eigenvalue weighted by Crippen LogP contribution is 2.42. The zero-order valence-electron chi connectivity index (χ0n) is 18.0. The molecule has 3 rings (SSSR count). The molecule has 0 amide bonds. The Hall–Kier alpha value is -2.61. The first kappa shape index (κ1) is 24.0. The molecule has 1 aromatic rings. The number of allylic oxidation sites excluding steroid dienone is 2. The Morgan fingerprint density at radius 3 is 2.50 bits per heavy atom. The average molecular weight is 456 g/mol. The number of rotatable bonds is 6. The topological polar surface area (TPSA) is 27.7 Å². The lowest BCUT2D eigenvalue weighted by atomic mass is 9.93. The third-order valence-corrected chi connectivity index (χ3v) is 5.64. The molecule has 2 unspecified atom stereocenters. The van der Waals surface area contributed by atoms with Crippen LogP contribution < -0.4 is 4.74 Å². The lowest BCUT2D eigenvalue weighted by Crippen LogP contribution is -2.26. The molecule has 1 aromatic carbocycles. The normalized spacial score (nSPS) is 23.2. The molecule has 1 fully saturated rings. The van der Waals surface area contributed by atoms with E-state index in [9.17, 15) is 22.0 Å². The maximum absolute atomic E-state index is 14.9. The Morgan fingerprint density at radius 1 is 1.19 bits per heavy atom. The van der Waals surface area contributed by atoms with Crippen molar-refractivity contribution in [1.29, 1.82) is 0 Å². The minimum atomic E-state index is -1.63. The summed E-state index contributed by atoms with van der Waals surface area (Å²) in [5.74, 6) is -9.22. The van der Waals surface area contributed by atoms with Gasteiger partial charge in [-0.25, -0.2) is 13.2 Å². The van der Waals surface area contributed by atoms with Crippen molar-refractivity contribution < 1.29 is 36.2 Å². The van der Waals surface area contributed by atoms with E-state index in [1.165, 1.54) is 7.11 Å². The van der Waals surface area contributed by atoms with E-state index in [4.69, 9.17) is 9.47 Å². The van der Waals surface area contributed by atoms with Crippen molar-refractivity contribution in [2.75, 3.05) is 13.7 Å². The quantitative estimate of drug-likeness (QED) is 0.341. The fourth-order valence-corrected chi connectivity index (χ4v) is 3.83. The van der Waals surface area contributed by atoms with Crippen molar-refractivity contribution in [2.45, 2.75) is 45.1 Å². The molecule has 174 valence electrons. The van der Waals surface area contributed by atoms with Gasteiger partial charge in [0.25, 0.3) is 0 Å². The van der Waals surface area contributed by atoms with Crippen molar-refractivity contribution in [3.8, 4) is 5.75 Å². The highest BCUT2D eigenvalue weighted by Gasteiger charge is 2.33. The van der Waals surface area contributed by atoms with E-state index in [1.54, 1.807) is 0 Å². The molecule has 1 saturated heterocycles. The molecule has 2 aliphatic heterocycles. The molecule has 8 heteroatoms. The van der Waals surface area contributed by atoms with Crippen LogP contribution in [0.15, 0.2) is 48.0 Å². The number of methoxy groups -OCH3 is 1. The van der Waals surface area contributed by atoms with Crippen LogP contribution in [0.5, 0.6) is 5.75 Å². The summed E-state index contributed by atoms with van der Waals surface area (Å²) in [5, 5.41) is 0. The number of ether oxygens (including phenoxy) is 3. The zero-order valence-corrected chi connectivity index (χ0v) is 18.0. The van der Waals surface area contributed by atoms with Gasteiger partial charge in [0.15, 0.2) is 28.9 Å². The van der Waals surface area contributed by atoms with Crippen molar-refractivity contribution in [2.24, 2.45) is 5.92 Å². The van der Waals surface area contributed by atoms with E-state index >= 15 is 0 Å². The second-order valence-corrected chi connectivity index (χ2v) is 7.87. The van der Waals surface area contributed by atoms with Crippen LogP contribution in [0.1, 0.15) is 43.7 Å². The number of hydrogen-bond donors (Lipinski definition) is 0. The van der Waals surface area contributed by atoms with Crippen LogP contribution in [-0.2, 0) is 15.9 Å². The molecule has 2 aliphatic rings. The van der Waals surface area contributed by atoms with Gasteiger partial charge in [0, 0.05) is 17.9 Å². The molecular formula is C24H25F5O3. The van der Waals surface area contributed by atoms with Gasteiger partial charge >= 0.3 is 0 Å². The van der Waals surface area contributed by atoms with Gasteiger partial charge in [-0.2, -0.15) is 8.78 Å². The molecule has 0 saturated carbocycles. The molecule has 0 aliphatic carbocycles. The number of benzene rings is 1. The van der Waals surface area contributed by atoms with Crippen LogP contribution >= 0.6 is 0 Å². The van der Waals surface area contributed by atoms with Crippen molar-refractivity contribution in [3.05, 3.63) is 70.7 Å². The lowest BCUT2D eigenvalue weighted by Gasteiger charge is -2.28. The van der Waals surface area contributed by atoms with E-state index in [-0.39, 0.29) is 36.0 Å². The summed E-state index contributed by atoms with van der Waals surface area (Å²) in [4.78, 5) is 0. The summed E-state index contributed by atoms with van der Waals surface area (Å²) < 4.78 is 88.9. The summed E-state index contributed by atoms with van der Waals surface area (Å²) in [6.45, 7) is 8.97. The Kier molecular flexibility index (Phi) is 7.44. The predicted octanol–water partition coefficient (Wildman–Crippen LogP) is 7.00. The molecule has 0 bridgehead atoms. The third kappa shape index (κ3) is 4.60. The molecule has 0 N–H and O–H groups in total. The Labute approximate surface area is 183 Å². The first-order valence-corrected chi connectivity index (χ1v) is 10.4. The minimum Gasteiger partial charge on any atom is -0.494 e. The van der Waals surface area contributed by atoms with E-state index in [0.29, 0.717) is 12.8 Å². The minimum absolute atomic E-state index is 0.00864. The summed E-state index contributed by atoms with van der Waals surface area (Å²) >= 11 is 0. The highest BCUT2D eigenvalue weighted by atomic mass is 19.2. The first-order chi connectivity index (χ1) is 15.2. The largest absolute Gasteiger partial charge is 0.494 e. The molecular weight excluding hydrogens is 431 g/mol. The lowest BCUT2D eigenvalue weighted by molar-refractivity contribution is -0.0156. The van der Waals surface area contributed by atoms with E-state index < -0.39 is 52.1 Å². The van der Waals surface area contributed by atoms with E-state index in [0.717, 1.165) is 18.9 Å². The van der Waals surface area contributed by atoms with Crippen LogP contribution in [-0.4, -0.2) is 19.8 Å². The van der Waals surface area contributed by atoms with Gasteiger partial charge in [-0.05, 0) is 30.9 Å². The van der Waals surface area contributed by atoms with Gasteiger partial charge < -0.3 is 14.2 Å².